The van der Waals surface area contributed by atoms with Crippen molar-refractivity contribution >= 4 is 11.5 Å². The van der Waals surface area contributed by atoms with Crippen LogP contribution in [0.5, 0.6) is 0 Å². The second-order valence-corrected chi connectivity index (χ2v) is 6.67. The van der Waals surface area contributed by atoms with E-state index < -0.39 is 0 Å². The fraction of sp³-hybridized carbons (Fsp3) is 0.381. The smallest absolute Gasteiger partial charge is 0.119 e. The van der Waals surface area contributed by atoms with Gasteiger partial charge in [-0.2, -0.15) is 0 Å². The molecule has 1 fully saturated rings. The van der Waals surface area contributed by atoms with Crippen molar-refractivity contribution in [1.82, 2.24) is 0 Å². The molecule has 2 heterocycles. The number of hydrogen-bond acceptors (Lipinski definition) is 2. The molecule has 0 aliphatic carbocycles. The first-order chi connectivity index (χ1) is 11.0. The summed E-state index contributed by atoms with van der Waals surface area (Å²) in [6, 6.07) is 8.88. The van der Waals surface area contributed by atoms with Gasteiger partial charge in [0.15, 0.2) is 0 Å². The molecule has 2 heteroatoms. The van der Waals surface area contributed by atoms with Crippen LogP contribution in [0.15, 0.2) is 64.8 Å². The van der Waals surface area contributed by atoms with E-state index in [1.54, 1.807) is 0 Å². The van der Waals surface area contributed by atoms with Crippen LogP contribution in [0.2, 0.25) is 0 Å². The molecule has 23 heavy (non-hydrogen) atoms. The maximum Gasteiger partial charge on any atom is 0.119 e. The maximum absolute atomic E-state index is 4.98. The van der Waals surface area contributed by atoms with Gasteiger partial charge < -0.3 is 4.90 Å². The van der Waals surface area contributed by atoms with Crippen LogP contribution >= 0.6 is 0 Å². The monoisotopic (exact) mass is 306 g/mol. The molecule has 0 amide bonds. The summed E-state index contributed by atoms with van der Waals surface area (Å²) in [5, 5.41) is 0. The molecule has 0 bridgehead atoms. The Labute approximate surface area is 139 Å². The molecular weight excluding hydrogens is 280 g/mol. The van der Waals surface area contributed by atoms with Crippen molar-refractivity contribution in [3.8, 4) is 0 Å². The first-order valence-electron chi connectivity index (χ1n) is 8.50. The average Bonchev–Trinajstić information content (AvgIpc) is 2.90. The van der Waals surface area contributed by atoms with Crippen LogP contribution in [0.4, 0.5) is 5.69 Å². The average molecular weight is 306 g/mol. The highest BCUT2D eigenvalue weighted by Gasteiger charge is 2.46. The summed E-state index contributed by atoms with van der Waals surface area (Å²) >= 11 is 0. The van der Waals surface area contributed by atoms with Gasteiger partial charge in [-0.05, 0) is 62.5 Å². The molecular formula is C21H26N2. The van der Waals surface area contributed by atoms with E-state index in [1.165, 1.54) is 22.4 Å². The Kier molecular flexibility index (Phi) is 4.01. The van der Waals surface area contributed by atoms with Crippen molar-refractivity contribution in [2.75, 3.05) is 11.4 Å². The molecule has 0 aromatic heterocycles. The van der Waals surface area contributed by atoms with E-state index in [0.29, 0.717) is 0 Å². The zero-order valence-corrected chi connectivity index (χ0v) is 14.7. The van der Waals surface area contributed by atoms with E-state index in [0.717, 1.165) is 30.9 Å². The molecule has 0 saturated carbocycles. The Morgan fingerprint density at radius 3 is 2.61 bits per heavy atom. The normalized spacial score (nSPS) is 24.4. The van der Waals surface area contributed by atoms with Crippen molar-refractivity contribution in [2.45, 2.75) is 40.5 Å². The topological polar surface area (TPSA) is 15.6 Å². The molecule has 1 aromatic rings. The van der Waals surface area contributed by atoms with Gasteiger partial charge in [0.1, 0.15) is 5.84 Å². The number of nitrogens with zero attached hydrogens (tertiary/aromatic N) is 2. The van der Waals surface area contributed by atoms with E-state index in [9.17, 15) is 0 Å². The molecule has 2 nitrogen and oxygen atoms in total. The van der Waals surface area contributed by atoms with Crippen molar-refractivity contribution in [3.05, 3.63) is 65.4 Å². The van der Waals surface area contributed by atoms with Crippen LogP contribution in [0.3, 0.4) is 0 Å². The van der Waals surface area contributed by atoms with Crippen LogP contribution in [0.1, 0.15) is 39.7 Å². The van der Waals surface area contributed by atoms with E-state index in [2.05, 4.69) is 68.7 Å². The summed E-state index contributed by atoms with van der Waals surface area (Å²) in [6.07, 6.45) is 6.35. The van der Waals surface area contributed by atoms with E-state index in [-0.39, 0.29) is 5.41 Å². The van der Waals surface area contributed by atoms with Crippen molar-refractivity contribution < 1.29 is 0 Å². The predicted octanol–water partition coefficient (Wildman–Crippen LogP) is 5.28. The zero-order valence-electron chi connectivity index (χ0n) is 14.7. The number of amidine groups is 1. The molecule has 0 radical (unpaired) electrons. The summed E-state index contributed by atoms with van der Waals surface area (Å²) in [5.74, 6) is 1.15. The molecule has 0 N–H and O–H groups in total. The van der Waals surface area contributed by atoms with Gasteiger partial charge in [0.25, 0.3) is 0 Å². The number of allylic oxidation sites excluding steroid dienone is 4. The van der Waals surface area contributed by atoms with Crippen LogP contribution in [-0.4, -0.2) is 12.4 Å². The Hall–Kier alpha value is -2.09. The fourth-order valence-corrected chi connectivity index (χ4v) is 3.61. The zero-order chi connectivity index (χ0) is 16.6. The molecule has 2 aliphatic heterocycles. The first kappa shape index (κ1) is 15.8. The van der Waals surface area contributed by atoms with Crippen LogP contribution in [0, 0.1) is 5.41 Å². The third-order valence-electron chi connectivity index (χ3n) is 5.23. The van der Waals surface area contributed by atoms with Crippen molar-refractivity contribution in [1.29, 1.82) is 0 Å². The van der Waals surface area contributed by atoms with E-state index in [4.69, 9.17) is 4.99 Å². The summed E-state index contributed by atoms with van der Waals surface area (Å²) in [4.78, 5) is 7.34. The van der Waals surface area contributed by atoms with Crippen LogP contribution < -0.4 is 4.90 Å². The highest BCUT2D eigenvalue weighted by molar-refractivity contribution is 6.07. The second-order valence-electron chi connectivity index (χ2n) is 6.67. The Morgan fingerprint density at radius 1 is 1.30 bits per heavy atom. The minimum absolute atomic E-state index is 0.0578. The molecule has 2 aliphatic rings. The number of aliphatic imine (C=N–C) groups is 1. The number of benzene rings is 1. The Balaban J connectivity index is 2.03. The Morgan fingerprint density at radius 2 is 2.00 bits per heavy atom. The van der Waals surface area contributed by atoms with E-state index >= 15 is 0 Å². The van der Waals surface area contributed by atoms with E-state index in [1.807, 2.05) is 6.92 Å². The van der Waals surface area contributed by atoms with Crippen molar-refractivity contribution in [2.24, 2.45) is 10.4 Å². The third kappa shape index (κ3) is 2.46. The lowest BCUT2D eigenvalue weighted by molar-refractivity contribution is 0.562. The van der Waals surface area contributed by atoms with Gasteiger partial charge in [0, 0.05) is 17.9 Å². The second kappa shape index (κ2) is 5.84. The minimum atomic E-state index is -0.0578. The molecule has 1 saturated heterocycles. The van der Waals surface area contributed by atoms with Crippen LogP contribution in [-0.2, 0) is 6.42 Å². The van der Waals surface area contributed by atoms with Gasteiger partial charge in [-0.25, -0.2) is 4.99 Å². The molecule has 1 atom stereocenters. The molecule has 1 aromatic carbocycles. The number of anilines is 1. The Bertz CT molecular complexity index is 719. The highest BCUT2D eigenvalue weighted by atomic mass is 15.2. The number of rotatable bonds is 3. The lowest BCUT2D eigenvalue weighted by Crippen LogP contribution is -2.36. The largest absolute Gasteiger partial charge is 0.329 e. The maximum atomic E-state index is 4.98. The number of hydrogen-bond donors (Lipinski definition) is 0. The SMILES string of the molecule is C=C1C(/C=C\C)=C(C)N=C2N(c3ccc(CC)cc3)CCC12C. The van der Waals surface area contributed by atoms with Gasteiger partial charge in [0.05, 0.1) is 5.41 Å². The number of fused-ring (bicyclic) bond motifs is 1. The summed E-state index contributed by atoms with van der Waals surface area (Å²) in [5.41, 5.74) is 6.01. The highest BCUT2D eigenvalue weighted by Crippen LogP contribution is 2.47. The summed E-state index contributed by atoms with van der Waals surface area (Å²) < 4.78 is 0. The predicted molar refractivity (Wildman–Crippen MR) is 100.0 cm³/mol. The molecule has 1 unspecified atom stereocenters. The van der Waals surface area contributed by atoms with Gasteiger partial charge in [-0.15, -0.1) is 0 Å². The van der Waals surface area contributed by atoms with Crippen molar-refractivity contribution in [3.63, 3.8) is 0 Å². The molecule has 0 spiro atoms. The van der Waals surface area contributed by atoms with Gasteiger partial charge >= 0.3 is 0 Å². The lowest BCUT2D eigenvalue weighted by atomic mass is 9.75. The van der Waals surface area contributed by atoms with Gasteiger partial charge in [-0.3, -0.25) is 0 Å². The third-order valence-corrected chi connectivity index (χ3v) is 5.23. The number of aryl methyl sites for hydroxylation is 1. The van der Waals surface area contributed by atoms with Crippen LogP contribution in [0.25, 0.3) is 0 Å². The lowest BCUT2D eigenvalue weighted by Gasteiger charge is -2.34. The molecule has 120 valence electrons. The van der Waals surface area contributed by atoms with Gasteiger partial charge in [0.2, 0.25) is 0 Å². The summed E-state index contributed by atoms with van der Waals surface area (Å²) in [6.45, 7) is 14.0. The quantitative estimate of drug-likeness (QED) is 0.741. The first-order valence-corrected chi connectivity index (χ1v) is 8.50. The standard InChI is InChI=1S/C21H26N2/c1-6-8-19-15(3)21(5)13-14-23(20(21)22-16(19)4)18-11-9-17(7-2)10-12-18/h6,8-12H,3,7,13-14H2,1-2,4-5H3/b8-6-. The minimum Gasteiger partial charge on any atom is -0.329 e. The summed E-state index contributed by atoms with van der Waals surface area (Å²) in [7, 11) is 0. The fourth-order valence-electron chi connectivity index (χ4n) is 3.61. The molecule has 3 rings (SSSR count). The van der Waals surface area contributed by atoms with Gasteiger partial charge in [-0.1, -0.05) is 37.8 Å².